The molecule has 2 aromatic rings. The summed E-state index contributed by atoms with van der Waals surface area (Å²) in [4.78, 5) is 30.0. The van der Waals surface area contributed by atoms with E-state index < -0.39 is 23.8 Å². The third kappa shape index (κ3) is 4.14. The minimum absolute atomic E-state index is 0.0411. The van der Waals surface area contributed by atoms with Crippen molar-refractivity contribution in [3.8, 4) is 5.75 Å². The van der Waals surface area contributed by atoms with Crippen LogP contribution in [0, 0.1) is 18.0 Å². The molecule has 31 heavy (non-hydrogen) atoms. The second-order valence-corrected chi connectivity index (χ2v) is 7.01. The molecule has 1 aliphatic heterocycles. The van der Waals surface area contributed by atoms with E-state index in [9.17, 15) is 14.8 Å². The van der Waals surface area contributed by atoms with Gasteiger partial charge < -0.3 is 19.4 Å². The number of aliphatic imine (C=N–C) groups is 1. The monoisotopic (exact) mass is 429 g/mol. The molecule has 0 radical (unpaired) electrons. The number of hydrogen-bond donors (Lipinski definition) is 0. The number of benzene rings is 1. The predicted molar refractivity (Wildman–Crippen MR) is 107 cm³/mol. The van der Waals surface area contributed by atoms with E-state index in [1.165, 1.54) is 14.2 Å². The summed E-state index contributed by atoms with van der Waals surface area (Å²) < 4.78 is 20.5. The first-order valence-corrected chi connectivity index (χ1v) is 9.49. The molecule has 3 rings (SSSR count). The fourth-order valence-electron chi connectivity index (χ4n) is 3.65. The van der Waals surface area contributed by atoms with Crippen LogP contribution in [-0.2, 0) is 25.7 Å². The van der Waals surface area contributed by atoms with Crippen molar-refractivity contribution in [3.05, 3.63) is 57.7 Å². The molecule has 0 saturated carbocycles. The molecule has 0 amide bonds. The Morgan fingerprint density at radius 2 is 1.87 bits per heavy atom. The molecule has 1 aliphatic rings. The lowest BCUT2D eigenvalue weighted by molar-refractivity contribution is -0.806. The molecule has 1 aromatic heterocycles. The normalized spacial score (nSPS) is 18.4. The van der Waals surface area contributed by atoms with Gasteiger partial charge in [0.25, 0.3) is 5.69 Å². The molecule has 2 unspecified atom stereocenters. The number of esters is 2. The highest BCUT2D eigenvalue weighted by Gasteiger charge is 2.43. The van der Waals surface area contributed by atoms with Gasteiger partial charge in [-0.3, -0.25) is 14.4 Å². The topological polar surface area (TPSA) is 127 Å². The molecule has 0 N–H and O–H groups in total. The molecule has 0 saturated heterocycles. The second kappa shape index (κ2) is 8.99. The van der Waals surface area contributed by atoms with E-state index in [1.807, 2.05) is 0 Å². The minimum Gasteiger partial charge on any atom is -0.484 e. The van der Waals surface area contributed by atoms with Crippen LogP contribution in [0.25, 0.3) is 0 Å². The molecule has 2 heterocycles. The van der Waals surface area contributed by atoms with Crippen molar-refractivity contribution in [2.75, 3.05) is 14.2 Å². The van der Waals surface area contributed by atoms with Crippen LogP contribution in [0.1, 0.15) is 36.7 Å². The maximum Gasteiger partial charge on any atom is 0.336 e. The first kappa shape index (κ1) is 22.0. The Balaban J connectivity index is 2.08. The van der Waals surface area contributed by atoms with Crippen LogP contribution in [0.3, 0.4) is 0 Å². The highest BCUT2D eigenvalue weighted by Crippen LogP contribution is 2.43. The Hall–Kier alpha value is -3.69. The number of methoxy groups -OCH3 is 2. The summed E-state index contributed by atoms with van der Waals surface area (Å²) in [6.07, 6.45) is 0. The zero-order chi connectivity index (χ0) is 22.7. The average molecular weight is 429 g/mol. The molecule has 0 bridgehead atoms. The van der Waals surface area contributed by atoms with Crippen molar-refractivity contribution in [1.82, 2.24) is 5.16 Å². The van der Waals surface area contributed by atoms with Crippen molar-refractivity contribution in [2.24, 2.45) is 10.9 Å². The quantitative estimate of drug-likeness (QED) is 0.504. The number of ether oxygens (including phenoxy) is 3. The van der Waals surface area contributed by atoms with Gasteiger partial charge >= 0.3 is 11.9 Å². The summed E-state index contributed by atoms with van der Waals surface area (Å²) in [6, 6.07) is 6.99. The third-order valence-electron chi connectivity index (χ3n) is 5.22. The van der Waals surface area contributed by atoms with E-state index in [2.05, 4.69) is 14.8 Å². The van der Waals surface area contributed by atoms with Crippen LogP contribution in [0.4, 0.5) is 0 Å². The van der Waals surface area contributed by atoms with Crippen LogP contribution in [-0.4, -0.2) is 37.0 Å². The predicted octanol–water partition coefficient (Wildman–Crippen LogP) is 1.99. The first-order valence-electron chi connectivity index (χ1n) is 9.49. The van der Waals surface area contributed by atoms with Crippen molar-refractivity contribution in [2.45, 2.75) is 33.3 Å². The second-order valence-electron chi connectivity index (χ2n) is 7.01. The maximum absolute atomic E-state index is 12.7. The summed E-state index contributed by atoms with van der Waals surface area (Å²) in [7, 11) is 2.55. The molecule has 0 fully saturated rings. The zero-order valence-electron chi connectivity index (χ0n) is 17.9. The van der Waals surface area contributed by atoms with Crippen molar-refractivity contribution in [3.63, 3.8) is 0 Å². The number of hydrogen-bond acceptors (Lipinski definition) is 9. The molecule has 164 valence electrons. The number of nitrogens with zero attached hydrogens (tertiary/aromatic N) is 3. The van der Waals surface area contributed by atoms with Crippen molar-refractivity contribution >= 4 is 17.7 Å². The lowest BCUT2D eigenvalue weighted by Crippen LogP contribution is -2.36. The standard InChI is InChI=1S/C21H23N3O7/c1-11-17(20(25)28-4)19(18(12(2)22-11)21(26)29-5)14-8-6-7-9-16(14)30-10-15-13(3)24(27)31-23-15/h6-9,17,19H,10H2,1-5H3. The van der Waals surface area contributed by atoms with Gasteiger partial charge in [-0.2, -0.15) is 0 Å². The highest BCUT2D eigenvalue weighted by molar-refractivity contribution is 6.07. The van der Waals surface area contributed by atoms with Crippen molar-refractivity contribution < 1.29 is 33.3 Å². The Morgan fingerprint density at radius 1 is 1.16 bits per heavy atom. The summed E-state index contributed by atoms with van der Waals surface area (Å²) in [5, 5.41) is 15.1. The van der Waals surface area contributed by atoms with E-state index in [4.69, 9.17) is 14.2 Å². The van der Waals surface area contributed by atoms with E-state index in [-0.39, 0.29) is 17.9 Å². The molecule has 10 heteroatoms. The number of para-hydroxylation sites is 1. The maximum atomic E-state index is 12.7. The molecular formula is C21H23N3O7. The number of carbonyl (C=O) groups is 2. The number of allylic oxidation sites excluding steroid dienone is 1. The van der Waals surface area contributed by atoms with E-state index >= 15 is 0 Å². The Kier molecular flexibility index (Phi) is 6.38. The average Bonchev–Trinajstić information content (AvgIpc) is 3.08. The molecule has 10 nitrogen and oxygen atoms in total. The molecule has 2 atom stereocenters. The van der Waals surface area contributed by atoms with Gasteiger partial charge in [0.2, 0.25) is 0 Å². The number of aromatic nitrogens is 2. The SMILES string of the molecule is COC(=O)C1=C(C)N=C(C)C(C(=O)OC)C1c1ccccc1OCc1no[n+]([O-])c1C. The first-order chi connectivity index (χ1) is 14.8. The van der Waals surface area contributed by atoms with Gasteiger partial charge in [-0.25, -0.2) is 4.79 Å². The van der Waals surface area contributed by atoms with Gasteiger partial charge in [-0.05, 0) is 24.8 Å². The van der Waals surface area contributed by atoms with Crippen LogP contribution >= 0.6 is 0 Å². The minimum atomic E-state index is -0.842. The Bertz CT molecular complexity index is 1070. The van der Waals surface area contributed by atoms with Crippen molar-refractivity contribution in [1.29, 1.82) is 0 Å². The molecular weight excluding hydrogens is 406 g/mol. The fraction of sp³-hybridized carbons (Fsp3) is 0.381. The summed E-state index contributed by atoms with van der Waals surface area (Å²) in [6.45, 7) is 4.91. The van der Waals surface area contributed by atoms with Crippen LogP contribution < -0.4 is 9.64 Å². The van der Waals surface area contributed by atoms with E-state index in [0.29, 0.717) is 33.3 Å². The van der Waals surface area contributed by atoms with Gasteiger partial charge in [0.15, 0.2) is 12.3 Å². The number of rotatable bonds is 6. The van der Waals surface area contributed by atoms with Crippen LogP contribution in [0.2, 0.25) is 0 Å². The smallest absolute Gasteiger partial charge is 0.336 e. The Morgan fingerprint density at radius 3 is 2.48 bits per heavy atom. The van der Waals surface area contributed by atoms with Crippen LogP contribution in [0.15, 0.2) is 45.2 Å². The van der Waals surface area contributed by atoms with Gasteiger partial charge in [-0.1, -0.05) is 18.2 Å². The number of carbonyl (C=O) groups excluding carboxylic acids is 2. The molecule has 0 aliphatic carbocycles. The lowest BCUT2D eigenvalue weighted by Gasteiger charge is -2.31. The third-order valence-corrected chi connectivity index (χ3v) is 5.22. The highest BCUT2D eigenvalue weighted by atomic mass is 16.8. The fourth-order valence-corrected chi connectivity index (χ4v) is 3.65. The molecule has 1 aromatic carbocycles. The van der Waals surface area contributed by atoms with Gasteiger partial charge in [0.1, 0.15) is 11.7 Å². The van der Waals surface area contributed by atoms with E-state index in [1.54, 1.807) is 45.0 Å². The lowest BCUT2D eigenvalue weighted by atomic mass is 9.75. The molecule has 0 spiro atoms. The van der Waals surface area contributed by atoms with Gasteiger partial charge in [-0.15, -0.1) is 0 Å². The summed E-state index contributed by atoms with van der Waals surface area (Å²) in [5.74, 6) is -2.30. The zero-order valence-corrected chi connectivity index (χ0v) is 17.9. The van der Waals surface area contributed by atoms with Gasteiger partial charge in [0.05, 0.1) is 19.8 Å². The summed E-state index contributed by atoms with van der Waals surface area (Å²) in [5.41, 5.74) is 2.38. The Labute approximate surface area is 178 Å². The largest absolute Gasteiger partial charge is 0.484 e. The summed E-state index contributed by atoms with van der Waals surface area (Å²) >= 11 is 0. The van der Waals surface area contributed by atoms with Gasteiger partial charge in [0, 0.05) is 35.0 Å². The van der Waals surface area contributed by atoms with Crippen LogP contribution in [0.5, 0.6) is 5.75 Å². The van der Waals surface area contributed by atoms with E-state index in [0.717, 1.165) is 0 Å².